The molecule has 84 valence electrons. The summed E-state index contributed by atoms with van der Waals surface area (Å²) in [6.45, 7) is 9.45. The van der Waals surface area contributed by atoms with Crippen LogP contribution in [0.4, 0.5) is 0 Å². The van der Waals surface area contributed by atoms with Gasteiger partial charge in [0.1, 0.15) is 0 Å². The largest absolute Gasteiger partial charge is 0.317 e. The van der Waals surface area contributed by atoms with Crippen LogP contribution in [-0.4, -0.2) is 48.6 Å². The van der Waals surface area contributed by atoms with E-state index in [2.05, 4.69) is 35.8 Å². The predicted octanol–water partition coefficient (Wildman–Crippen LogP) is 1.81. The first-order valence-corrected chi connectivity index (χ1v) is 7.06. The Hall–Kier alpha value is 0.270. The Morgan fingerprint density at radius 1 is 1.29 bits per heavy atom. The minimum atomic E-state index is 0.846. The highest BCUT2D eigenvalue weighted by molar-refractivity contribution is 7.99. The van der Waals surface area contributed by atoms with Crippen molar-refractivity contribution in [3.05, 3.63) is 0 Å². The van der Waals surface area contributed by atoms with E-state index in [1.54, 1.807) is 0 Å². The van der Waals surface area contributed by atoms with E-state index in [0.717, 1.165) is 6.04 Å². The third-order valence-corrected chi connectivity index (χ3v) is 3.84. The lowest BCUT2D eigenvalue weighted by molar-refractivity contribution is 0.180. The lowest BCUT2D eigenvalue weighted by Crippen LogP contribution is -2.43. The summed E-state index contributed by atoms with van der Waals surface area (Å²) < 4.78 is 0. The molecule has 1 heterocycles. The summed E-state index contributed by atoms with van der Waals surface area (Å²) in [5.41, 5.74) is 0. The van der Waals surface area contributed by atoms with Crippen LogP contribution in [0.3, 0.4) is 0 Å². The van der Waals surface area contributed by atoms with Gasteiger partial charge in [0.25, 0.3) is 0 Å². The van der Waals surface area contributed by atoms with Gasteiger partial charge in [0.15, 0.2) is 0 Å². The maximum absolute atomic E-state index is 3.43. The SMILES string of the molecule is CCSCCN(CC)C1CCNCC1. The van der Waals surface area contributed by atoms with Crippen LogP contribution in [0, 0.1) is 0 Å². The first-order valence-electron chi connectivity index (χ1n) is 5.91. The number of rotatable bonds is 6. The average molecular weight is 216 g/mol. The average Bonchev–Trinajstić information content (AvgIpc) is 2.26. The molecule has 1 N–H and O–H groups in total. The standard InChI is InChI=1S/C11H24N2S/c1-3-13(9-10-14-4-2)11-5-7-12-8-6-11/h11-12H,3-10H2,1-2H3. The molecule has 1 saturated heterocycles. The van der Waals surface area contributed by atoms with E-state index in [1.165, 1.54) is 50.5 Å². The minimum Gasteiger partial charge on any atom is -0.317 e. The van der Waals surface area contributed by atoms with E-state index in [-0.39, 0.29) is 0 Å². The highest BCUT2D eigenvalue weighted by atomic mass is 32.2. The first-order chi connectivity index (χ1) is 6.88. The highest BCUT2D eigenvalue weighted by Gasteiger charge is 2.18. The molecule has 1 aliphatic heterocycles. The maximum Gasteiger partial charge on any atom is 0.0120 e. The number of hydrogen-bond acceptors (Lipinski definition) is 3. The molecule has 0 bridgehead atoms. The molecule has 0 spiro atoms. The first kappa shape index (κ1) is 12.3. The van der Waals surface area contributed by atoms with Crippen LogP contribution in [0.25, 0.3) is 0 Å². The molecule has 0 unspecified atom stereocenters. The fourth-order valence-corrected chi connectivity index (χ4v) is 2.75. The molecule has 14 heavy (non-hydrogen) atoms. The summed E-state index contributed by atoms with van der Waals surface area (Å²) in [7, 11) is 0. The second-order valence-electron chi connectivity index (χ2n) is 3.81. The van der Waals surface area contributed by atoms with E-state index < -0.39 is 0 Å². The van der Waals surface area contributed by atoms with Gasteiger partial charge in [-0.25, -0.2) is 0 Å². The fraction of sp³-hybridized carbons (Fsp3) is 1.00. The van der Waals surface area contributed by atoms with Crippen molar-refractivity contribution >= 4 is 11.8 Å². The number of piperidine rings is 1. The zero-order valence-corrected chi connectivity index (χ0v) is 10.4. The van der Waals surface area contributed by atoms with Crippen molar-refractivity contribution in [1.29, 1.82) is 0 Å². The molecule has 3 heteroatoms. The number of thioether (sulfide) groups is 1. The predicted molar refractivity (Wildman–Crippen MR) is 66.1 cm³/mol. The Balaban J connectivity index is 2.21. The molecule has 0 aromatic heterocycles. The molecule has 1 rings (SSSR count). The van der Waals surface area contributed by atoms with Gasteiger partial charge in [-0.1, -0.05) is 13.8 Å². The van der Waals surface area contributed by atoms with Crippen molar-refractivity contribution in [2.45, 2.75) is 32.7 Å². The van der Waals surface area contributed by atoms with Crippen LogP contribution in [0.5, 0.6) is 0 Å². The minimum absolute atomic E-state index is 0.846. The lowest BCUT2D eigenvalue weighted by atomic mass is 10.1. The summed E-state index contributed by atoms with van der Waals surface area (Å²) >= 11 is 2.06. The van der Waals surface area contributed by atoms with E-state index in [9.17, 15) is 0 Å². The number of nitrogens with one attached hydrogen (secondary N) is 1. The topological polar surface area (TPSA) is 15.3 Å². The zero-order chi connectivity index (χ0) is 10.2. The monoisotopic (exact) mass is 216 g/mol. The van der Waals surface area contributed by atoms with Gasteiger partial charge in [0, 0.05) is 18.3 Å². The van der Waals surface area contributed by atoms with Gasteiger partial charge in [-0.15, -0.1) is 0 Å². The molecule has 0 aromatic rings. The summed E-state index contributed by atoms with van der Waals surface area (Å²) in [5, 5.41) is 3.43. The lowest BCUT2D eigenvalue weighted by Gasteiger charge is -2.33. The Morgan fingerprint density at radius 2 is 2.00 bits per heavy atom. The molecular weight excluding hydrogens is 192 g/mol. The van der Waals surface area contributed by atoms with Gasteiger partial charge in [0.2, 0.25) is 0 Å². The van der Waals surface area contributed by atoms with Gasteiger partial charge < -0.3 is 5.32 Å². The van der Waals surface area contributed by atoms with E-state index in [1.807, 2.05) is 0 Å². The van der Waals surface area contributed by atoms with Gasteiger partial charge >= 0.3 is 0 Å². The summed E-state index contributed by atoms with van der Waals surface area (Å²) in [5.74, 6) is 2.55. The van der Waals surface area contributed by atoms with Crippen molar-refractivity contribution in [3.8, 4) is 0 Å². The second-order valence-corrected chi connectivity index (χ2v) is 5.20. The van der Waals surface area contributed by atoms with E-state index in [0.29, 0.717) is 0 Å². The Morgan fingerprint density at radius 3 is 2.57 bits per heavy atom. The molecule has 0 aliphatic carbocycles. The molecule has 1 fully saturated rings. The molecule has 0 aromatic carbocycles. The fourth-order valence-electron chi connectivity index (χ4n) is 2.10. The molecule has 0 amide bonds. The smallest absolute Gasteiger partial charge is 0.0120 e. The molecule has 0 saturated carbocycles. The van der Waals surface area contributed by atoms with Gasteiger partial charge in [-0.3, -0.25) is 4.90 Å². The quantitative estimate of drug-likeness (QED) is 0.682. The van der Waals surface area contributed by atoms with Crippen molar-refractivity contribution < 1.29 is 0 Å². The van der Waals surface area contributed by atoms with Crippen LogP contribution in [0.2, 0.25) is 0 Å². The Bertz CT molecular complexity index is 135. The summed E-state index contributed by atoms with van der Waals surface area (Å²) in [6.07, 6.45) is 2.68. The van der Waals surface area contributed by atoms with Crippen LogP contribution in [0.15, 0.2) is 0 Å². The molecule has 0 radical (unpaired) electrons. The van der Waals surface area contributed by atoms with Gasteiger partial charge in [0.05, 0.1) is 0 Å². The van der Waals surface area contributed by atoms with Gasteiger partial charge in [-0.05, 0) is 38.2 Å². The Labute approximate surface area is 92.8 Å². The maximum atomic E-state index is 3.43. The normalized spacial score (nSPS) is 19.1. The van der Waals surface area contributed by atoms with E-state index >= 15 is 0 Å². The highest BCUT2D eigenvalue weighted by Crippen LogP contribution is 2.12. The van der Waals surface area contributed by atoms with E-state index in [4.69, 9.17) is 0 Å². The summed E-state index contributed by atoms with van der Waals surface area (Å²) in [6, 6.07) is 0.846. The second kappa shape index (κ2) is 7.55. The molecular formula is C11H24N2S. The number of hydrogen-bond donors (Lipinski definition) is 1. The van der Waals surface area contributed by atoms with Crippen molar-refractivity contribution in [1.82, 2.24) is 10.2 Å². The van der Waals surface area contributed by atoms with Crippen LogP contribution < -0.4 is 5.32 Å². The number of nitrogens with zero attached hydrogens (tertiary/aromatic N) is 1. The third-order valence-electron chi connectivity index (χ3n) is 2.96. The van der Waals surface area contributed by atoms with Crippen molar-refractivity contribution in [2.24, 2.45) is 0 Å². The van der Waals surface area contributed by atoms with Crippen molar-refractivity contribution in [2.75, 3.05) is 37.7 Å². The summed E-state index contributed by atoms with van der Waals surface area (Å²) in [4.78, 5) is 2.66. The Kier molecular flexibility index (Phi) is 6.65. The molecule has 2 nitrogen and oxygen atoms in total. The van der Waals surface area contributed by atoms with Crippen LogP contribution >= 0.6 is 11.8 Å². The zero-order valence-electron chi connectivity index (χ0n) is 9.59. The molecule has 1 aliphatic rings. The van der Waals surface area contributed by atoms with Crippen LogP contribution in [-0.2, 0) is 0 Å². The van der Waals surface area contributed by atoms with Crippen molar-refractivity contribution in [3.63, 3.8) is 0 Å². The van der Waals surface area contributed by atoms with Gasteiger partial charge in [-0.2, -0.15) is 11.8 Å². The van der Waals surface area contributed by atoms with Crippen LogP contribution in [0.1, 0.15) is 26.7 Å². The third kappa shape index (κ3) is 4.20. The molecule has 0 atom stereocenters.